The number of amides is 1. The number of carboxylic acid groups (broad SMARTS) is 1. The number of rotatable bonds is 3. The Bertz CT molecular complexity index is 565. The fourth-order valence-corrected chi connectivity index (χ4v) is 3.09. The van der Waals surface area contributed by atoms with E-state index in [0.29, 0.717) is 23.0 Å². The Morgan fingerprint density at radius 3 is 2.80 bits per heavy atom. The van der Waals surface area contributed by atoms with Gasteiger partial charge in [0.15, 0.2) is 0 Å². The van der Waals surface area contributed by atoms with Crippen LogP contribution in [0.4, 0.5) is 4.39 Å². The predicted octanol–water partition coefficient (Wildman–Crippen LogP) is 1.45. The van der Waals surface area contributed by atoms with Gasteiger partial charge in [0, 0.05) is 6.54 Å². The second-order valence-corrected chi connectivity index (χ2v) is 5.38. The Hall–Kier alpha value is -1.47. The number of fused-ring (bicyclic) bond motifs is 1. The largest absolute Gasteiger partial charge is 0.481 e. The Morgan fingerprint density at radius 2 is 2.20 bits per heavy atom. The van der Waals surface area contributed by atoms with E-state index in [-0.39, 0.29) is 18.9 Å². The maximum Gasteiger partial charge on any atom is 0.305 e. The number of halogens is 2. The number of nitrogens with zero attached hydrogens (tertiary/aromatic N) is 1. The summed E-state index contributed by atoms with van der Waals surface area (Å²) < 4.78 is 13.9. The molecule has 0 spiro atoms. The molecule has 0 saturated carbocycles. The van der Waals surface area contributed by atoms with Gasteiger partial charge in [0.25, 0.3) is 0 Å². The van der Waals surface area contributed by atoms with E-state index >= 15 is 0 Å². The van der Waals surface area contributed by atoms with Gasteiger partial charge < -0.3 is 15.7 Å². The molecule has 1 heterocycles. The van der Waals surface area contributed by atoms with Crippen molar-refractivity contribution in [1.82, 2.24) is 4.90 Å². The summed E-state index contributed by atoms with van der Waals surface area (Å²) in [6.07, 6.45) is 0.242. The van der Waals surface area contributed by atoms with Crippen molar-refractivity contribution in [2.45, 2.75) is 18.9 Å². The Kier molecular flexibility index (Phi) is 4.39. The van der Waals surface area contributed by atoms with Crippen LogP contribution in [0, 0.1) is 5.82 Å². The number of carbonyl (C=O) groups excluding carboxylic acids is 1. The van der Waals surface area contributed by atoms with Crippen molar-refractivity contribution >= 4 is 27.8 Å². The highest BCUT2D eigenvalue weighted by Gasteiger charge is 2.33. The molecule has 108 valence electrons. The van der Waals surface area contributed by atoms with Crippen molar-refractivity contribution in [2.24, 2.45) is 5.73 Å². The van der Waals surface area contributed by atoms with Crippen LogP contribution >= 0.6 is 15.9 Å². The summed E-state index contributed by atoms with van der Waals surface area (Å²) in [6, 6.07) is 2.21. The lowest BCUT2D eigenvalue weighted by Gasteiger charge is -2.37. The first kappa shape index (κ1) is 14.9. The molecule has 1 aromatic rings. The van der Waals surface area contributed by atoms with Crippen molar-refractivity contribution in [3.63, 3.8) is 0 Å². The molecule has 0 bridgehead atoms. The normalized spacial score (nSPS) is 17.8. The highest BCUT2D eigenvalue weighted by atomic mass is 79.9. The van der Waals surface area contributed by atoms with Gasteiger partial charge in [-0.1, -0.05) is 6.07 Å². The molecule has 1 aliphatic rings. The molecule has 20 heavy (non-hydrogen) atoms. The van der Waals surface area contributed by atoms with Crippen LogP contribution in [-0.2, 0) is 16.0 Å². The molecule has 1 amide bonds. The lowest BCUT2D eigenvalue weighted by atomic mass is 9.90. The monoisotopic (exact) mass is 344 g/mol. The quantitative estimate of drug-likeness (QED) is 0.869. The minimum atomic E-state index is -1.02. The molecule has 2 rings (SSSR count). The smallest absolute Gasteiger partial charge is 0.305 e. The molecule has 1 aliphatic heterocycles. The SMILES string of the molecule is NCC(=O)N1CCc2c(ccc(F)c2Br)C1CC(=O)O. The van der Waals surface area contributed by atoms with Crippen LogP contribution in [0.25, 0.3) is 0 Å². The van der Waals surface area contributed by atoms with E-state index in [1.807, 2.05) is 0 Å². The highest BCUT2D eigenvalue weighted by molar-refractivity contribution is 9.10. The van der Waals surface area contributed by atoms with E-state index in [1.165, 1.54) is 11.0 Å². The van der Waals surface area contributed by atoms with Crippen LogP contribution in [0.15, 0.2) is 16.6 Å². The minimum Gasteiger partial charge on any atom is -0.481 e. The summed E-state index contributed by atoms with van der Waals surface area (Å²) in [7, 11) is 0. The van der Waals surface area contributed by atoms with Crippen LogP contribution in [0.3, 0.4) is 0 Å². The van der Waals surface area contributed by atoms with E-state index in [2.05, 4.69) is 15.9 Å². The second-order valence-electron chi connectivity index (χ2n) is 4.58. The van der Waals surface area contributed by atoms with Crippen LogP contribution in [0.2, 0.25) is 0 Å². The van der Waals surface area contributed by atoms with Crippen molar-refractivity contribution in [1.29, 1.82) is 0 Å². The lowest BCUT2D eigenvalue weighted by Crippen LogP contribution is -2.44. The Morgan fingerprint density at radius 1 is 1.50 bits per heavy atom. The summed E-state index contributed by atoms with van der Waals surface area (Å²) in [4.78, 5) is 24.3. The molecular formula is C13H14BrFN2O3. The lowest BCUT2D eigenvalue weighted by molar-refractivity contribution is -0.141. The van der Waals surface area contributed by atoms with Gasteiger partial charge >= 0.3 is 5.97 Å². The summed E-state index contributed by atoms with van der Waals surface area (Å²) in [6.45, 7) is 0.164. The first-order valence-corrected chi connectivity index (χ1v) is 6.93. The second kappa shape index (κ2) is 5.88. The first-order chi connectivity index (χ1) is 9.45. The van der Waals surface area contributed by atoms with Gasteiger partial charge in [0.2, 0.25) is 5.91 Å². The average Bonchev–Trinajstić information content (AvgIpc) is 2.42. The van der Waals surface area contributed by atoms with Gasteiger partial charge in [-0.3, -0.25) is 9.59 Å². The fourth-order valence-electron chi connectivity index (χ4n) is 2.53. The number of carbonyl (C=O) groups is 2. The standard InChI is InChI=1S/C13H14BrFN2O3/c14-13-8-3-4-17(11(18)6-16)10(5-12(19)20)7(8)1-2-9(13)15/h1-2,10H,3-6,16H2,(H,19,20). The van der Waals surface area contributed by atoms with E-state index in [4.69, 9.17) is 10.8 Å². The molecule has 7 heteroatoms. The maximum atomic E-state index is 13.6. The van der Waals surface area contributed by atoms with Crippen LogP contribution in [-0.4, -0.2) is 35.0 Å². The topological polar surface area (TPSA) is 83.6 Å². The van der Waals surface area contributed by atoms with Crippen LogP contribution < -0.4 is 5.73 Å². The zero-order valence-electron chi connectivity index (χ0n) is 10.6. The summed E-state index contributed by atoms with van der Waals surface area (Å²) in [5, 5.41) is 9.03. The van der Waals surface area contributed by atoms with Crippen molar-refractivity contribution in [3.05, 3.63) is 33.5 Å². The molecule has 0 fully saturated rings. The molecule has 3 N–H and O–H groups in total. The van der Waals surface area contributed by atoms with Gasteiger partial charge in [-0.25, -0.2) is 4.39 Å². The van der Waals surface area contributed by atoms with Gasteiger partial charge in [0.05, 0.1) is 23.5 Å². The molecule has 0 aliphatic carbocycles. The molecule has 0 aromatic heterocycles. The molecule has 0 saturated heterocycles. The number of hydrogen-bond donors (Lipinski definition) is 2. The van der Waals surface area contributed by atoms with E-state index in [0.717, 1.165) is 5.56 Å². The van der Waals surface area contributed by atoms with E-state index < -0.39 is 17.8 Å². The van der Waals surface area contributed by atoms with Gasteiger partial charge in [0.1, 0.15) is 5.82 Å². The van der Waals surface area contributed by atoms with Crippen molar-refractivity contribution in [2.75, 3.05) is 13.1 Å². The predicted molar refractivity (Wildman–Crippen MR) is 73.6 cm³/mol. The third-order valence-corrected chi connectivity index (χ3v) is 4.29. The van der Waals surface area contributed by atoms with Crippen LogP contribution in [0.1, 0.15) is 23.6 Å². The summed E-state index contributed by atoms with van der Waals surface area (Å²) >= 11 is 3.18. The summed E-state index contributed by atoms with van der Waals surface area (Å²) in [5.41, 5.74) is 6.74. The zero-order chi connectivity index (χ0) is 14.9. The fraction of sp³-hybridized carbons (Fsp3) is 0.385. The van der Waals surface area contributed by atoms with E-state index in [9.17, 15) is 14.0 Å². The van der Waals surface area contributed by atoms with Crippen LogP contribution in [0.5, 0.6) is 0 Å². The Balaban J connectivity index is 2.47. The molecule has 0 radical (unpaired) electrons. The van der Waals surface area contributed by atoms with Gasteiger partial charge in [-0.15, -0.1) is 0 Å². The van der Waals surface area contributed by atoms with Crippen molar-refractivity contribution in [3.8, 4) is 0 Å². The number of hydrogen-bond acceptors (Lipinski definition) is 3. The first-order valence-electron chi connectivity index (χ1n) is 6.13. The average molecular weight is 345 g/mol. The molecular weight excluding hydrogens is 331 g/mol. The van der Waals surface area contributed by atoms with Gasteiger partial charge in [-0.2, -0.15) is 0 Å². The third kappa shape index (κ3) is 2.69. The summed E-state index contributed by atoms with van der Waals surface area (Å²) in [5.74, 6) is -1.71. The molecule has 5 nitrogen and oxygen atoms in total. The molecule has 1 unspecified atom stereocenters. The molecule has 1 aromatic carbocycles. The van der Waals surface area contributed by atoms with Gasteiger partial charge in [-0.05, 0) is 39.5 Å². The number of carboxylic acids is 1. The van der Waals surface area contributed by atoms with Crippen molar-refractivity contribution < 1.29 is 19.1 Å². The maximum absolute atomic E-state index is 13.6. The number of benzene rings is 1. The van der Waals surface area contributed by atoms with E-state index in [1.54, 1.807) is 6.07 Å². The zero-order valence-corrected chi connectivity index (χ0v) is 12.2. The number of nitrogens with two attached hydrogens (primary N) is 1. The molecule has 1 atom stereocenters. The highest BCUT2D eigenvalue weighted by Crippen LogP contribution is 2.37. The minimum absolute atomic E-state index is 0.173. The number of aliphatic carboxylic acids is 1. The Labute approximate surface area is 123 Å². The third-order valence-electron chi connectivity index (χ3n) is 3.43.